The minimum absolute atomic E-state index is 0.132. The van der Waals surface area contributed by atoms with Crippen molar-refractivity contribution >= 4 is 35.0 Å². The van der Waals surface area contributed by atoms with Gasteiger partial charge in [-0.1, -0.05) is 12.2 Å². The third-order valence-electron chi connectivity index (χ3n) is 6.46. The van der Waals surface area contributed by atoms with E-state index in [0.29, 0.717) is 17.2 Å². The van der Waals surface area contributed by atoms with Crippen molar-refractivity contribution < 1.29 is 23.9 Å². The van der Waals surface area contributed by atoms with Gasteiger partial charge in [-0.15, -0.1) is 0 Å². The van der Waals surface area contributed by atoms with E-state index >= 15 is 0 Å². The number of nitrogens with zero attached hydrogens (tertiary/aromatic N) is 2. The largest absolute Gasteiger partial charge is 0.497 e. The van der Waals surface area contributed by atoms with Crippen molar-refractivity contribution in [3.05, 3.63) is 54.1 Å². The first-order valence-corrected chi connectivity index (χ1v) is 10.1. The van der Waals surface area contributed by atoms with E-state index in [1.807, 2.05) is 35.3 Å². The average molecular weight is 418 g/mol. The molecule has 0 N–H and O–H groups in total. The summed E-state index contributed by atoms with van der Waals surface area (Å²) in [6.07, 6.45) is 3.86. The summed E-state index contributed by atoms with van der Waals surface area (Å²) in [5.41, 5.74) is 2.22. The van der Waals surface area contributed by atoms with Crippen molar-refractivity contribution in [1.82, 2.24) is 0 Å². The maximum absolute atomic E-state index is 13.5. The van der Waals surface area contributed by atoms with Gasteiger partial charge in [-0.25, -0.2) is 4.90 Å². The van der Waals surface area contributed by atoms with E-state index < -0.39 is 17.9 Å². The second-order valence-corrected chi connectivity index (χ2v) is 8.00. The second kappa shape index (κ2) is 6.97. The highest BCUT2D eigenvalue weighted by Crippen LogP contribution is 2.49. The molecule has 3 aliphatic rings. The van der Waals surface area contributed by atoms with Crippen molar-refractivity contribution in [2.45, 2.75) is 19.0 Å². The molecule has 3 heterocycles. The Kier molecular flexibility index (Phi) is 4.36. The maximum Gasteiger partial charge on any atom is 0.240 e. The van der Waals surface area contributed by atoms with Crippen molar-refractivity contribution in [3.8, 4) is 11.5 Å². The van der Waals surface area contributed by atoms with Gasteiger partial charge in [-0.05, 0) is 49.4 Å². The highest BCUT2D eigenvalue weighted by atomic mass is 16.5. The lowest BCUT2D eigenvalue weighted by atomic mass is 9.88. The molecule has 31 heavy (non-hydrogen) atoms. The highest BCUT2D eigenvalue weighted by Gasteiger charge is 2.63. The smallest absolute Gasteiger partial charge is 0.240 e. The summed E-state index contributed by atoms with van der Waals surface area (Å²) >= 11 is 0. The molecule has 0 unspecified atom stereocenters. The molecule has 158 valence electrons. The van der Waals surface area contributed by atoms with Gasteiger partial charge in [-0.2, -0.15) is 0 Å². The average Bonchev–Trinajstić information content (AvgIpc) is 3.26. The molecular weight excluding hydrogens is 396 g/mol. The van der Waals surface area contributed by atoms with Gasteiger partial charge >= 0.3 is 0 Å². The number of Topliss-reactive ketones (excluding diaryl/α,β-unsaturated/α-hetero) is 1. The summed E-state index contributed by atoms with van der Waals surface area (Å²) in [5.74, 6) is -0.743. The van der Waals surface area contributed by atoms with Gasteiger partial charge < -0.3 is 14.4 Å². The van der Waals surface area contributed by atoms with Gasteiger partial charge in [0.05, 0.1) is 37.8 Å². The van der Waals surface area contributed by atoms with Gasteiger partial charge in [0.1, 0.15) is 17.5 Å². The van der Waals surface area contributed by atoms with Gasteiger partial charge in [0.15, 0.2) is 5.78 Å². The van der Waals surface area contributed by atoms with Crippen LogP contribution in [0, 0.1) is 11.8 Å². The van der Waals surface area contributed by atoms with Crippen molar-refractivity contribution in [1.29, 1.82) is 0 Å². The Bertz CT molecular complexity index is 1120. The first-order chi connectivity index (χ1) is 15.0. The molecule has 0 radical (unpaired) electrons. The van der Waals surface area contributed by atoms with Gasteiger partial charge in [0.25, 0.3) is 0 Å². The number of carbonyl (C=O) groups is 3. The Labute approximate surface area is 179 Å². The molecule has 0 bridgehead atoms. The predicted octanol–water partition coefficient (Wildman–Crippen LogP) is 2.68. The summed E-state index contributed by atoms with van der Waals surface area (Å²) in [6.45, 7) is 1.49. The number of fused-ring (bicyclic) bond motifs is 5. The summed E-state index contributed by atoms with van der Waals surface area (Å²) in [6, 6.07) is 11.3. The molecule has 7 heteroatoms. The molecule has 2 saturated heterocycles. The molecule has 2 aromatic rings. The van der Waals surface area contributed by atoms with E-state index in [2.05, 4.69) is 0 Å². The zero-order valence-electron chi connectivity index (χ0n) is 17.4. The van der Waals surface area contributed by atoms with Crippen LogP contribution >= 0.6 is 0 Å². The lowest BCUT2D eigenvalue weighted by Crippen LogP contribution is -2.48. The Morgan fingerprint density at radius 2 is 1.55 bits per heavy atom. The molecule has 0 saturated carbocycles. The predicted molar refractivity (Wildman–Crippen MR) is 115 cm³/mol. The SMILES string of the molecule is COc1ccc(N2C(=O)[C@@H]3[C@H](C2=O)[C@H](C(C)=O)N2c4ccc(OC)cc4C=C[C@@H]32)cc1. The molecule has 2 amide bonds. The maximum atomic E-state index is 13.5. The van der Waals surface area contributed by atoms with E-state index in [4.69, 9.17) is 9.47 Å². The second-order valence-electron chi connectivity index (χ2n) is 8.00. The highest BCUT2D eigenvalue weighted by molar-refractivity contribution is 6.24. The van der Waals surface area contributed by atoms with Crippen LogP contribution in [0.5, 0.6) is 11.5 Å². The van der Waals surface area contributed by atoms with Gasteiger partial charge in [0.2, 0.25) is 11.8 Å². The molecular formula is C24H22N2O5. The zero-order chi connectivity index (χ0) is 21.9. The zero-order valence-corrected chi connectivity index (χ0v) is 17.4. The number of anilines is 2. The van der Waals surface area contributed by atoms with Crippen molar-refractivity contribution in [2.24, 2.45) is 11.8 Å². The quantitative estimate of drug-likeness (QED) is 0.711. The lowest BCUT2D eigenvalue weighted by Gasteiger charge is -2.36. The van der Waals surface area contributed by atoms with E-state index in [1.54, 1.807) is 38.5 Å². The normalized spacial score (nSPS) is 25.9. The van der Waals surface area contributed by atoms with Crippen LogP contribution < -0.4 is 19.3 Å². The monoisotopic (exact) mass is 418 g/mol. The minimum atomic E-state index is -0.727. The third kappa shape index (κ3) is 2.69. The topological polar surface area (TPSA) is 76.2 Å². The van der Waals surface area contributed by atoms with Crippen LogP contribution in [0.15, 0.2) is 48.5 Å². The first-order valence-electron chi connectivity index (χ1n) is 10.1. The third-order valence-corrected chi connectivity index (χ3v) is 6.46. The number of carbonyl (C=O) groups excluding carboxylic acids is 3. The summed E-state index contributed by atoms with van der Waals surface area (Å²) < 4.78 is 10.5. The van der Waals surface area contributed by atoms with Crippen LogP contribution in [-0.2, 0) is 14.4 Å². The van der Waals surface area contributed by atoms with E-state index in [-0.39, 0.29) is 23.6 Å². The van der Waals surface area contributed by atoms with Crippen LogP contribution in [-0.4, -0.2) is 43.9 Å². The van der Waals surface area contributed by atoms with E-state index in [1.165, 1.54) is 11.8 Å². The first kappa shape index (κ1) is 19.4. The number of hydrogen-bond donors (Lipinski definition) is 0. The van der Waals surface area contributed by atoms with E-state index in [0.717, 1.165) is 11.3 Å². The summed E-state index contributed by atoms with van der Waals surface area (Å²) in [5, 5.41) is 0. The van der Waals surface area contributed by atoms with Gasteiger partial charge in [0, 0.05) is 11.3 Å². The fraction of sp³-hybridized carbons (Fsp3) is 0.292. The molecule has 5 rings (SSSR count). The summed E-state index contributed by atoms with van der Waals surface area (Å²) in [4.78, 5) is 42.9. The standard InChI is InChI=1S/C24H22N2O5/c1-13(27)22-21-20(19-10-4-14-12-17(31-3)9-11-18(14)26(19)22)23(28)25(24(21)29)15-5-7-16(30-2)8-6-15/h4-12,19-22H,1-3H3/t19-,20-,21-,22-/m0/s1. The molecule has 0 spiro atoms. The fourth-order valence-corrected chi connectivity index (χ4v) is 5.12. The number of hydrogen-bond acceptors (Lipinski definition) is 6. The Balaban J connectivity index is 1.58. The molecule has 2 aromatic carbocycles. The molecule has 7 nitrogen and oxygen atoms in total. The Morgan fingerprint density at radius 1 is 0.903 bits per heavy atom. The van der Waals surface area contributed by atoms with E-state index in [9.17, 15) is 14.4 Å². The van der Waals surface area contributed by atoms with Crippen LogP contribution in [0.25, 0.3) is 6.08 Å². The minimum Gasteiger partial charge on any atom is -0.497 e. The lowest BCUT2D eigenvalue weighted by molar-refractivity contribution is -0.126. The number of ether oxygens (including phenoxy) is 2. The van der Waals surface area contributed by atoms with Crippen molar-refractivity contribution in [3.63, 3.8) is 0 Å². The fourth-order valence-electron chi connectivity index (χ4n) is 5.12. The number of methoxy groups -OCH3 is 2. The number of rotatable bonds is 4. The molecule has 2 fully saturated rings. The molecule has 0 aromatic heterocycles. The number of benzene rings is 2. The summed E-state index contributed by atoms with van der Waals surface area (Å²) in [7, 11) is 3.15. The molecule has 3 aliphatic heterocycles. The number of amides is 2. The molecule has 0 aliphatic carbocycles. The van der Waals surface area contributed by atoms with Crippen molar-refractivity contribution in [2.75, 3.05) is 24.0 Å². The van der Waals surface area contributed by atoms with Crippen LogP contribution in [0.4, 0.5) is 11.4 Å². The van der Waals surface area contributed by atoms with Crippen LogP contribution in [0.3, 0.4) is 0 Å². The number of ketones is 1. The molecule has 4 atom stereocenters. The Morgan fingerprint density at radius 3 is 2.19 bits per heavy atom. The van der Waals surface area contributed by atoms with Gasteiger partial charge in [-0.3, -0.25) is 14.4 Å². The number of imide groups is 1. The van der Waals surface area contributed by atoms with Crippen LogP contribution in [0.1, 0.15) is 12.5 Å². The Hall–Kier alpha value is -3.61. The van der Waals surface area contributed by atoms with Crippen LogP contribution in [0.2, 0.25) is 0 Å².